The molecule has 7 nitrogen and oxygen atoms in total. The predicted molar refractivity (Wildman–Crippen MR) is 88.4 cm³/mol. The fourth-order valence-corrected chi connectivity index (χ4v) is 2.29. The molecule has 0 aromatic rings. The molecule has 0 spiro atoms. The Morgan fingerprint density at radius 2 is 1.74 bits per heavy atom. The zero-order valence-electron chi connectivity index (χ0n) is 15.2. The lowest BCUT2D eigenvalue weighted by atomic mass is 10.1. The van der Waals surface area contributed by atoms with Crippen molar-refractivity contribution in [1.29, 1.82) is 0 Å². The van der Waals surface area contributed by atoms with Crippen LogP contribution in [0.3, 0.4) is 0 Å². The molecule has 0 rings (SSSR count). The number of hydrogen-bond donors (Lipinski definition) is 0. The monoisotopic (exact) mass is 345 g/mol. The zero-order valence-corrected chi connectivity index (χ0v) is 16.2. The molecule has 0 amide bonds. The number of nitrogens with zero attached hydrogens (tertiary/aromatic N) is 1. The summed E-state index contributed by atoms with van der Waals surface area (Å²) < 4.78 is 16.0. The van der Waals surface area contributed by atoms with Crippen molar-refractivity contribution in [3.63, 3.8) is 0 Å². The van der Waals surface area contributed by atoms with Gasteiger partial charge in [-0.3, -0.25) is 9.59 Å². The minimum Gasteiger partial charge on any atom is -0.540 e. The van der Waals surface area contributed by atoms with Gasteiger partial charge in [-0.05, 0) is 52.5 Å². The maximum atomic E-state index is 12.4. The number of carbonyl (C=O) groups excluding carboxylic acids is 2. The quantitative estimate of drug-likeness (QED) is 0.176. The Kier molecular flexibility index (Phi) is 8.06. The second-order valence-corrected chi connectivity index (χ2v) is 11.1. The third-order valence-corrected chi connectivity index (χ3v) is 2.92. The van der Waals surface area contributed by atoms with E-state index >= 15 is 0 Å². The highest BCUT2D eigenvalue weighted by atomic mass is 28.4. The molecule has 8 heteroatoms. The number of esters is 2. The summed E-state index contributed by atoms with van der Waals surface area (Å²) in [6, 6.07) is 0. The molecule has 0 saturated carbocycles. The summed E-state index contributed by atoms with van der Waals surface area (Å²) in [5, 5.41) is 3.49. The molecule has 0 bridgehead atoms. The smallest absolute Gasteiger partial charge is 0.329 e. The van der Waals surface area contributed by atoms with E-state index < -0.39 is 31.8 Å². The molecule has 0 aromatic carbocycles. The van der Waals surface area contributed by atoms with E-state index in [-0.39, 0.29) is 12.4 Å². The first kappa shape index (κ1) is 21.2. The van der Waals surface area contributed by atoms with Crippen molar-refractivity contribution >= 4 is 26.1 Å². The molecule has 0 aliphatic carbocycles. The van der Waals surface area contributed by atoms with Crippen molar-refractivity contribution in [2.24, 2.45) is 11.1 Å². The third-order valence-electron chi connectivity index (χ3n) is 2.09. The predicted octanol–water partition coefficient (Wildman–Crippen LogP) is 2.47. The summed E-state index contributed by atoms with van der Waals surface area (Å²) in [5.41, 5.74) is -0.759. The molecular weight excluding hydrogens is 318 g/mol. The van der Waals surface area contributed by atoms with E-state index in [1.807, 2.05) is 19.6 Å². The van der Waals surface area contributed by atoms with Crippen molar-refractivity contribution in [1.82, 2.24) is 0 Å². The SMILES string of the molecule is CCOC(=O)C(C(=O)OC(C)(C)C)C(=C=NOC)O[Si](C)(C)C. The first-order valence-electron chi connectivity index (χ1n) is 7.36. The van der Waals surface area contributed by atoms with Crippen LogP contribution < -0.4 is 0 Å². The molecule has 0 fully saturated rings. The minimum absolute atomic E-state index is 0.0567. The van der Waals surface area contributed by atoms with Gasteiger partial charge in [0, 0.05) is 0 Å². The zero-order chi connectivity index (χ0) is 18.3. The average molecular weight is 345 g/mol. The Morgan fingerprint density at radius 1 is 1.17 bits per heavy atom. The van der Waals surface area contributed by atoms with E-state index in [0.717, 1.165) is 0 Å². The number of hydrogen-bond acceptors (Lipinski definition) is 7. The molecule has 23 heavy (non-hydrogen) atoms. The molecule has 0 aromatic heterocycles. The van der Waals surface area contributed by atoms with Crippen molar-refractivity contribution < 1.29 is 28.3 Å². The summed E-state index contributed by atoms with van der Waals surface area (Å²) in [4.78, 5) is 29.2. The van der Waals surface area contributed by atoms with E-state index in [1.165, 1.54) is 7.11 Å². The van der Waals surface area contributed by atoms with Gasteiger partial charge in [0.05, 0.1) is 12.5 Å². The van der Waals surface area contributed by atoms with E-state index in [9.17, 15) is 9.59 Å². The molecule has 0 aliphatic rings. The fraction of sp³-hybridized carbons (Fsp3) is 0.733. The van der Waals surface area contributed by atoms with Crippen LogP contribution in [0.15, 0.2) is 10.9 Å². The van der Waals surface area contributed by atoms with E-state index in [4.69, 9.17) is 13.9 Å². The Morgan fingerprint density at radius 3 is 2.13 bits per heavy atom. The van der Waals surface area contributed by atoms with Gasteiger partial charge in [-0.25, -0.2) is 0 Å². The van der Waals surface area contributed by atoms with Gasteiger partial charge >= 0.3 is 11.9 Å². The van der Waals surface area contributed by atoms with Gasteiger partial charge in [0.2, 0.25) is 14.2 Å². The average Bonchev–Trinajstić information content (AvgIpc) is 2.32. The van der Waals surface area contributed by atoms with Gasteiger partial charge in [-0.2, -0.15) is 0 Å². The highest BCUT2D eigenvalue weighted by Gasteiger charge is 2.39. The maximum Gasteiger partial charge on any atom is 0.329 e. The molecule has 1 atom stereocenters. The third kappa shape index (κ3) is 9.05. The van der Waals surface area contributed by atoms with Crippen LogP contribution in [0.4, 0.5) is 0 Å². The number of rotatable bonds is 7. The normalized spacial score (nSPS) is 12.5. The molecular formula is C15H27NO6Si. The van der Waals surface area contributed by atoms with Gasteiger partial charge in [0.1, 0.15) is 12.7 Å². The summed E-state index contributed by atoms with van der Waals surface area (Å²) in [5.74, 6) is -0.528. The Bertz CT molecular complexity index is 483. The van der Waals surface area contributed by atoms with Crippen LogP contribution >= 0.6 is 0 Å². The molecule has 0 heterocycles. The van der Waals surface area contributed by atoms with Crippen LogP contribution in [0, 0.1) is 5.92 Å². The largest absolute Gasteiger partial charge is 0.540 e. The van der Waals surface area contributed by atoms with Crippen molar-refractivity contribution in [3.8, 4) is 0 Å². The maximum absolute atomic E-state index is 12.4. The summed E-state index contributed by atoms with van der Waals surface area (Å²) in [7, 11) is -0.812. The molecule has 1 unspecified atom stereocenters. The van der Waals surface area contributed by atoms with Gasteiger partial charge < -0.3 is 18.7 Å². The number of ether oxygens (including phenoxy) is 2. The van der Waals surface area contributed by atoms with Crippen LogP contribution in [-0.2, 0) is 28.3 Å². The molecule has 0 radical (unpaired) electrons. The van der Waals surface area contributed by atoms with Crippen molar-refractivity contribution in [2.75, 3.05) is 13.7 Å². The molecule has 0 N–H and O–H groups in total. The van der Waals surface area contributed by atoms with E-state index in [2.05, 4.69) is 15.9 Å². The van der Waals surface area contributed by atoms with Crippen molar-refractivity contribution in [3.05, 3.63) is 5.76 Å². The summed E-state index contributed by atoms with van der Waals surface area (Å²) in [6.45, 7) is 12.6. The van der Waals surface area contributed by atoms with Crippen molar-refractivity contribution in [2.45, 2.75) is 52.9 Å². The second-order valence-electron chi connectivity index (χ2n) is 6.68. The van der Waals surface area contributed by atoms with Gasteiger partial charge in [0.15, 0.2) is 5.76 Å². The molecule has 0 aliphatic heterocycles. The molecule has 132 valence electrons. The van der Waals surface area contributed by atoms with E-state index in [0.29, 0.717) is 0 Å². The number of carbonyl (C=O) groups is 2. The van der Waals surface area contributed by atoms with Gasteiger partial charge in [-0.1, -0.05) is 0 Å². The fourth-order valence-electron chi connectivity index (χ4n) is 1.46. The highest BCUT2D eigenvalue weighted by molar-refractivity contribution is 6.70. The lowest BCUT2D eigenvalue weighted by Crippen LogP contribution is -2.38. The van der Waals surface area contributed by atoms with Crippen LogP contribution in [0.1, 0.15) is 27.7 Å². The summed E-state index contributed by atoms with van der Waals surface area (Å²) >= 11 is 0. The standard InChI is InChI=1S/C15H27NO6Si/c1-9-20-13(17)12(14(18)21-15(2,3)4)11(10-16-19-5)22-23(6,7)8/h12H,9H2,1-8H3. The first-order chi connectivity index (χ1) is 10.4. The highest BCUT2D eigenvalue weighted by Crippen LogP contribution is 2.22. The first-order valence-corrected chi connectivity index (χ1v) is 10.8. The van der Waals surface area contributed by atoms with Gasteiger partial charge in [0.25, 0.3) is 0 Å². The van der Waals surface area contributed by atoms with Crippen LogP contribution in [0.5, 0.6) is 0 Å². The Labute approximate surface area is 138 Å². The molecule has 0 saturated heterocycles. The Hall–Kier alpha value is -1.79. The van der Waals surface area contributed by atoms with Crippen LogP contribution in [0.2, 0.25) is 19.6 Å². The lowest BCUT2D eigenvalue weighted by Gasteiger charge is -2.26. The minimum atomic E-state index is -2.14. The lowest BCUT2D eigenvalue weighted by molar-refractivity contribution is -0.167. The summed E-state index contributed by atoms with van der Waals surface area (Å²) in [6.07, 6.45) is 0. The second kappa shape index (κ2) is 8.74. The Balaban J connectivity index is 5.80. The topological polar surface area (TPSA) is 83.4 Å². The van der Waals surface area contributed by atoms with Crippen LogP contribution in [0.25, 0.3) is 0 Å². The van der Waals surface area contributed by atoms with Crippen LogP contribution in [-0.4, -0.2) is 45.4 Å². The van der Waals surface area contributed by atoms with E-state index in [1.54, 1.807) is 27.7 Å². The van der Waals surface area contributed by atoms with Gasteiger partial charge in [-0.15, -0.1) is 0 Å².